The topological polar surface area (TPSA) is 9.23 Å². The van der Waals surface area contributed by atoms with Crippen LogP contribution in [0, 0.1) is 0 Å². The van der Waals surface area contributed by atoms with Crippen LogP contribution in [0.15, 0.2) is 24.3 Å². The first-order valence-electron chi connectivity index (χ1n) is 9.99. The van der Waals surface area contributed by atoms with Crippen LogP contribution in [0.2, 0.25) is 0 Å². The zero-order valence-corrected chi connectivity index (χ0v) is 15.6. The van der Waals surface area contributed by atoms with E-state index < -0.39 is 0 Å². The number of methoxy groups -OCH3 is 1. The van der Waals surface area contributed by atoms with Crippen molar-refractivity contribution in [2.75, 3.05) is 7.11 Å². The van der Waals surface area contributed by atoms with Gasteiger partial charge in [-0.25, -0.2) is 0 Å². The molecule has 0 saturated carbocycles. The molecule has 0 N–H and O–H groups in total. The van der Waals surface area contributed by atoms with E-state index in [2.05, 4.69) is 25.1 Å². The number of benzene rings is 1. The molecule has 0 fully saturated rings. The zero-order valence-electron chi connectivity index (χ0n) is 15.6. The van der Waals surface area contributed by atoms with Gasteiger partial charge in [-0.05, 0) is 30.5 Å². The van der Waals surface area contributed by atoms with Gasteiger partial charge in [0.25, 0.3) is 0 Å². The highest BCUT2D eigenvalue weighted by molar-refractivity contribution is 5.28. The SMILES string of the molecule is CCCCCCCCCCCCCCCc1cccc(OC)c1. The molecule has 0 aliphatic heterocycles. The summed E-state index contributed by atoms with van der Waals surface area (Å²) in [6.45, 7) is 2.29. The van der Waals surface area contributed by atoms with E-state index in [1.807, 2.05) is 6.07 Å². The first-order chi connectivity index (χ1) is 11.4. The lowest BCUT2D eigenvalue weighted by Crippen LogP contribution is -1.89. The van der Waals surface area contributed by atoms with Crippen LogP contribution >= 0.6 is 0 Å². The third-order valence-electron chi connectivity index (χ3n) is 4.70. The third-order valence-corrected chi connectivity index (χ3v) is 4.70. The first-order valence-corrected chi connectivity index (χ1v) is 9.99. The Bertz CT molecular complexity index is 372. The molecule has 1 nitrogen and oxygen atoms in total. The zero-order chi connectivity index (χ0) is 16.6. The molecular weight excluding hydrogens is 280 g/mol. The molecule has 0 unspecified atom stereocenters. The smallest absolute Gasteiger partial charge is 0.119 e. The standard InChI is InChI=1S/C22H38O/c1-3-4-5-6-7-8-9-10-11-12-13-14-15-17-21-18-16-19-22(20-21)23-2/h16,18-20H,3-15,17H2,1-2H3. The predicted molar refractivity (Wildman–Crippen MR) is 102 cm³/mol. The van der Waals surface area contributed by atoms with Gasteiger partial charge >= 0.3 is 0 Å². The van der Waals surface area contributed by atoms with Crippen LogP contribution in [-0.2, 0) is 6.42 Å². The highest BCUT2D eigenvalue weighted by atomic mass is 16.5. The maximum Gasteiger partial charge on any atom is 0.119 e. The summed E-state index contributed by atoms with van der Waals surface area (Å²) in [7, 11) is 1.74. The predicted octanol–water partition coefficient (Wildman–Crippen LogP) is 7.33. The Hall–Kier alpha value is -0.980. The minimum absolute atomic E-state index is 0.984. The fourth-order valence-corrected chi connectivity index (χ4v) is 3.17. The number of hydrogen-bond acceptors (Lipinski definition) is 1. The number of ether oxygens (including phenoxy) is 1. The van der Waals surface area contributed by atoms with Gasteiger partial charge in [0.05, 0.1) is 7.11 Å². The average molecular weight is 319 g/mol. The van der Waals surface area contributed by atoms with E-state index in [4.69, 9.17) is 4.74 Å². The van der Waals surface area contributed by atoms with E-state index in [0.717, 1.165) is 5.75 Å². The Balaban J connectivity index is 1.84. The van der Waals surface area contributed by atoms with Gasteiger partial charge in [-0.15, -0.1) is 0 Å². The van der Waals surface area contributed by atoms with Gasteiger partial charge in [0.15, 0.2) is 0 Å². The van der Waals surface area contributed by atoms with Crippen molar-refractivity contribution in [3.8, 4) is 5.75 Å². The first kappa shape index (κ1) is 20.1. The van der Waals surface area contributed by atoms with Gasteiger partial charge in [-0.2, -0.15) is 0 Å². The molecule has 0 aromatic heterocycles. The van der Waals surface area contributed by atoms with Gasteiger partial charge in [-0.3, -0.25) is 0 Å². The minimum Gasteiger partial charge on any atom is -0.497 e. The van der Waals surface area contributed by atoms with Gasteiger partial charge in [0.1, 0.15) is 5.75 Å². The molecule has 1 aromatic rings. The molecule has 23 heavy (non-hydrogen) atoms. The van der Waals surface area contributed by atoms with Crippen molar-refractivity contribution in [3.05, 3.63) is 29.8 Å². The second-order valence-corrected chi connectivity index (χ2v) is 6.84. The molecule has 0 saturated heterocycles. The van der Waals surface area contributed by atoms with Crippen LogP contribution in [0.4, 0.5) is 0 Å². The van der Waals surface area contributed by atoms with Crippen LogP contribution in [0.25, 0.3) is 0 Å². The molecule has 132 valence electrons. The fourth-order valence-electron chi connectivity index (χ4n) is 3.17. The van der Waals surface area contributed by atoms with Crippen molar-refractivity contribution in [2.45, 2.75) is 96.8 Å². The Morgan fingerprint density at radius 2 is 1.22 bits per heavy atom. The maximum atomic E-state index is 5.27. The molecule has 0 bridgehead atoms. The molecule has 0 aliphatic carbocycles. The summed E-state index contributed by atoms with van der Waals surface area (Å²) in [5, 5.41) is 0. The van der Waals surface area contributed by atoms with Crippen LogP contribution in [-0.4, -0.2) is 7.11 Å². The van der Waals surface area contributed by atoms with Gasteiger partial charge in [0.2, 0.25) is 0 Å². The van der Waals surface area contributed by atoms with Crippen LogP contribution in [0.3, 0.4) is 0 Å². The van der Waals surface area contributed by atoms with Crippen molar-refractivity contribution < 1.29 is 4.74 Å². The van der Waals surface area contributed by atoms with Crippen LogP contribution in [0.5, 0.6) is 5.75 Å². The van der Waals surface area contributed by atoms with Crippen molar-refractivity contribution >= 4 is 0 Å². The van der Waals surface area contributed by atoms with Crippen molar-refractivity contribution in [1.29, 1.82) is 0 Å². The summed E-state index contributed by atoms with van der Waals surface area (Å²) in [5.74, 6) is 0.984. The minimum atomic E-state index is 0.984. The molecule has 0 heterocycles. The molecule has 0 atom stereocenters. The average Bonchev–Trinajstić information content (AvgIpc) is 2.59. The second kappa shape index (κ2) is 14.6. The Kier molecular flexibility index (Phi) is 12.7. The van der Waals surface area contributed by atoms with E-state index >= 15 is 0 Å². The lowest BCUT2D eigenvalue weighted by atomic mass is 10.0. The van der Waals surface area contributed by atoms with E-state index in [1.165, 1.54) is 95.5 Å². The Morgan fingerprint density at radius 1 is 0.696 bits per heavy atom. The molecule has 1 heteroatoms. The summed E-state index contributed by atoms with van der Waals surface area (Å²) in [5.41, 5.74) is 1.41. The summed E-state index contributed by atoms with van der Waals surface area (Å²) in [6.07, 6.45) is 19.6. The third kappa shape index (κ3) is 11.2. The van der Waals surface area contributed by atoms with Gasteiger partial charge < -0.3 is 4.74 Å². The highest BCUT2D eigenvalue weighted by Crippen LogP contribution is 2.16. The number of rotatable bonds is 15. The van der Waals surface area contributed by atoms with E-state index in [9.17, 15) is 0 Å². The Morgan fingerprint density at radius 3 is 1.74 bits per heavy atom. The summed E-state index contributed by atoms with van der Waals surface area (Å²) < 4.78 is 5.27. The van der Waals surface area contributed by atoms with Crippen LogP contribution < -0.4 is 4.74 Å². The largest absolute Gasteiger partial charge is 0.497 e. The maximum absolute atomic E-state index is 5.27. The van der Waals surface area contributed by atoms with Crippen molar-refractivity contribution in [3.63, 3.8) is 0 Å². The molecule has 0 radical (unpaired) electrons. The lowest BCUT2D eigenvalue weighted by Gasteiger charge is -2.05. The normalized spacial score (nSPS) is 10.9. The van der Waals surface area contributed by atoms with E-state index in [0.29, 0.717) is 0 Å². The quantitative estimate of drug-likeness (QED) is 0.308. The number of unbranched alkanes of at least 4 members (excludes halogenated alkanes) is 12. The molecule has 0 amide bonds. The molecular formula is C22H38O. The molecule has 0 spiro atoms. The summed E-state index contributed by atoms with van der Waals surface area (Å²) in [4.78, 5) is 0. The monoisotopic (exact) mass is 318 g/mol. The number of hydrogen-bond donors (Lipinski definition) is 0. The second-order valence-electron chi connectivity index (χ2n) is 6.84. The summed E-state index contributed by atoms with van der Waals surface area (Å²) >= 11 is 0. The number of aryl methyl sites for hydroxylation is 1. The van der Waals surface area contributed by atoms with E-state index in [-0.39, 0.29) is 0 Å². The highest BCUT2D eigenvalue weighted by Gasteiger charge is 1.97. The van der Waals surface area contributed by atoms with Gasteiger partial charge in [-0.1, -0.05) is 96.1 Å². The molecule has 1 aromatic carbocycles. The van der Waals surface area contributed by atoms with Crippen molar-refractivity contribution in [1.82, 2.24) is 0 Å². The Labute approximate surface area is 144 Å². The lowest BCUT2D eigenvalue weighted by molar-refractivity contribution is 0.414. The van der Waals surface area contributed by atoms with Crippen LogP contribution in [0.1, 0.15) is 96.0 Å². The summed E-state index contributed by atoms with van der Waals surface area (Å²) in [6, 6.07) is 8.49. The molecule has 0 aliphatic rings. The molecule has 1 rings (SSSR count). The van der Waals surface area contributed by atoms with E-state index in [1.54, 1.807) is 7.11 Å². The fraction of sp³-hybridized carbons (Fsp3) is 0.727. The van der Waals surface area contributed by atoms with Crippen molar-refractivity contribution in [2.24, 2.45) is 0 Å². The van der Waals surface area contributed by atoms with Gasteiger partial charge in [0, 0.05) is 0 Å².